The quantitative estimate of drug-likeness (QED) is 0.826. The predicted octanol–water partition coefficient (Wildman–Crippen LogP) is 4.23. The average Bonchev–Trinajstić information content (AvgIpc) is 2.50. The number of carbonyl (C=O) groups is 1. The lowest BCUT2D eigenvalue weighted by molar-refractivity contribution is 0.177. The predicted molar refractivity (Wildman–Crippen MR) is 79.6 cm³/mol. The molecule has 0 saturated heterocycles. The molecule has 2 N–H and O–H groups in total. The third-order valence-electron chi connectivity index (χ3n) is 2.71. The molecule has 0 unspecified atom stereocenters. The Balaban J connectivity index is 1.88. The molecular formula is C15H11ClF2N2O2. The number of amides is 1. The van der Waals surface area contributed by atoms with E-state index < -0.39 is 17.7 Å². The lowest BCUT2D eigenvalue weighted by Crippen LogP contribution is -2.19. The highest BCUT2D eigenvalue weighted by atomic mass is 35.5. The smallest absolute Gasteiger partial charge is 0.412 e. The van der Waals surface area contributed by atoms with Crippen LogP contribution in [0.3, 0.4) is 0 Å². The summed E-state index contributed by atoms with van der Waals surface area (Å²) in [7, 11) is 0. The average molecular weight is 325 g/mol. The lowest BCUT2D eigenvalue weighted by atomic mass is 10.1. The van der Waals surface area contributed by atoms with Gasteiger partial charge in [0.25, 0.3) is 0 Å². The van der Waals surface area contributed by atoms with E-state index in [1.165, 1.54) is 6.07 Å². The highest BCUT2D eigenvalue weighted by molar-refractivity contribution is 6.30. The Hall–Kier alpha value is -2.47. The summed E-state index contributed by atoms with van der Waals surface area (Å²) in [5, 5.41) is 10.7. The minimum atomic E-state index is -1.06. The summed E-state index contributed by atoms with van der Waals surface area (Å²) < 4.78 is 30.7. The molecule has 2 aromatic rings. The zero-order chi connectivity index (χ0) is 16.1. The highest BCUT2D eigenvalue weighted by Gasteiger charge is 2.10. The molecule has 0 aliphatic carbocycles. The van der Waals surface area contributed by atoms with Crippen molar-refractivity contribution >= 4 is 29.1 Å². The molecule has 1 amide bonds. The first-order valence-electron chi connectivity index (χ1n) is 6.18. The summed E-state index contributed by atoms with van der Waals surface area (Å²) >= 11 is 5.71. The SMILES string of the molecule is N=C(COC(=O)Nc1ccc(Cl)cc1)c1ccc(F)c(F)c1. The number of ether oxygens (including phenoxy) is 1. The molecule has 0 atom stereocenters. The molecule has 0 aromatic heterocycles. The Morgan fingerprint density at radius 2 is 1.82 bits per heavy atom. The summed E-state index contributed by atoms with van der Waals surface area (Å²) in [6.45, 7) is -0.371. The Labute approximate surface area is 130 Å². The van der Waals surface area contributed by atoms with Gasteiger partial charge in [0.15, 0.2) is 11.6 Å². The molecular weight excluding hydrogens is 314 g/mol. The molecule has 2 aromatic carbocycles. The molecule has 0 fully saturated rings. The maximum absolute atomic E-state index is 13.1. The fourth-order valence-electron chi connectivity index (χ4n) is 1.59. The van der Waals surface area contributed by atoms with Crippen LogP contribution in [0.25, 0.3) is 0 Å². The minimum Gasteiger partial charge on any atom is -0.443 e. The van der Waals surface area contributed by atoms with Gasteiger partial charge in [-0.1, -0.05) is 11.6 Å². The van der Waals surface area contributed by atoms with E-state index >= 15 is 0 Å². The molecule has 2 rings (SSSR count). The van der Waals surface area contributed by atoms with E-state index in [1.807, 2.05) is 0 Å². The van der Waals surface area contributed by atoms with Crippen LogP contribution in [0, 0.1) is 17.0 Å². The van der Waals surface area contributed by atoms with E-state index in [0.29, 0.717) is 10.7 Å². The van der Waals surface area contributed by atoms with Crippen LogP contribution >= 0.6 is 11.6 Å². The summed E-state index contributed by atoms with van der Waals surface area (Å²) in [5.74, 6) is -2.06. The van der Waals surface area contributed by atoms with Gasteiger partial charge in [-0.15, -0.1) is 0 Å². The maximum atomic E-state index is 13.1. The topological polar surface area (TPSA) is 62.2 Å². The van der Waals surface area contributed by atoms with Crippen molar-refractivity contribution in [3.05, 3.63) is 64.7 Å². The Morgan fingerprint density at radius 3 is 2.45 bits per heavy atom. The molecule has 0 aliphatic rings. The van der Waals surface area contributed by atoms with Crippen LogP contribution in [-0.4, -0.2) is 18.4 Å². The number of benzene rings is 2. The van der Waals surface area contributed by atoms with Gasteiger partial charge in [-0.3, -0.25) is 5.32 Å². The third-order valence-corrected chi connectivity index (χ3v) is 2.96. The van der Waals surface area contributed by atoms with Gasteiger partial charge in [-0.25, -0.2) is 13.6 Å². The van der Waals surface area contributed by atoms with Gasteiger partial charge in [-0.05, 0) is 42.5 Å². The Bertz CT molecular complexity index is 705. The highest BCUT2D eigenvalue weighted by Crippen LogP contribution is 2.14. The summed E-state index contributed by atoms with van der Waals surface area (Å²) in [4.78, 5) is 11.6. The number of hydrogen-bond acceptors (Lipinski definition) is 3. The van der Waals surface area contributed by atoms with Crippen LogP contribution in [0.5, 0.6) is 0 Å². The second-order valence-corrected chi connectivity index (χ2v) is 4.75. The van der Waals surface area contributed by atoms with Crippen molar-refractivity contribution in [1.29, 1.82) is 5.41 Å². The zero-order valence-corrected chi connectivity index (χ0v) is 12.0. The van der Waals surface area contributed by atoms with Crippen molar-refractivity contribution in [3.8, 4) is 0 Å². The van der Waals surface area contributed by atoms with E-state index in [9.17, 15) is 13.6 Å². The van der Waals surface area contributed by atoms with Crippen molar-refractivity contribution in [2.45, 2.75) is 0 Å². The summed E-state index contributed by atoms with van der Waals surface area (Å²) in [6.07, 6.45) is -0.769. The molecule has 7 heteroatoms. The molecule has 0 spiro atoms. The van der Waals surface area contributed by atoms with E-state index in [-0.39, 0.29) is 17.9 Å². The van der Waals surface area contributed by atoms with Crippen LogP contribution in [0.1, 0.15) is 5.56 Å². The van der Waals surface area contributed by atoms with Crippen LogP contribution in [0.2, 0.25) is 5.02 Å². The van der Waals surface area contributed by atoms with Gasteiger partial charge in [0.05, 0.1) is 5.71 Å². The fourth-order valence-corrected chi connectivity index (χ4v) is 1.72. The summed E-state index contributed by atoms with van der Waals surface area (Å²) in [6, 6.07) is 9.39. The van der Waals surface area contributed by atoms with Gasteiger partial charge in [0, 0.05) is 16.3 Å². The van der Waals surface area contributed by atoms with Crippen LogP contribution < -0.4 is 5.32 Å². The summed E-state index contributed by atoms with van der Waals surface area (Å²) in [5.41, 5.74) is 0.470. The maximum Gasteiger partial charge on any atom is 0.412 e. The second kappa shape index (κ2) is 7.00. The van der Waals surface area contributed by atoms with Gasteiger partial charge in [0.1, 0.15) is 6.61 Å². The van der Waals surface area contributed by atoms with Gasteiger partial charge < -0.3 is 10.1 Å². The molecule has 0 saturated carbocycles. The largest absolute Gasteiger partial charge is 0.443 e. The molecule has 4 nitrogen and oxygen atoms in total. The van der Waals surface area contributed by atoms with Crippen molar-refractivity contribution in [1.82, 2.24) is 0 Å². The van der Waals surface area contributed by atoms with Crippen molar-refractivity contribution < 1.29 is 18.3 Å². The van der Waals surface area contributed by atoms with Crippen molar-refractivity contribution in [2.75, 3.05) is 11.9 Å². The van der Waals surface area contributed by atoms with Crippen LogP contribution in [0.4, 0.5) is 19.3 Å². The number of anilines is 1. The van der Waals surface area contributed by atoms with Crippen molar-refractivity contribution in [2.24, 2.45) is 0 Å². The first kappa shape index (κ1) is 15.9. The monoisotopic (exact) mass is 324 g/mol. The Morgan fingerprint density at radius 1 is 1.14 bits per heavy atom. The Kier molecular flexibility index (Phi) is 5.06. The first-order valence-corrected chi connectivity index (χ1v) is 6.55. The van der Waals surface area contributed by atoms with Crippen LogP contribution in [0.15, 0.2) is 42.5 Å². The normalized spacial score (nSPS) is 10.1. The van der Waals surface area contributed by atoms with Gasteiger partial charge in [-0.2, -0.15) is 0 Å². The number of halogens is 3. The molecule has 22 heavy (non-hydrogen) atoms. The molecule has 0 bridgehead atoms. The molecule has 0 aliphatic heterocycles. The second-order valence-electron chi connectivity index (χ2n) is 4.32. The number of carbonyl (C=O) groups excluding carboxylic acids is 1. The third kappa shape index (κ3) is 4.26. The zero-order valence-electron chi connectivity index (χ0n) is 11.2. The van der Waals surface area contributed by atoms with E-state index in [1.54, 1.807) is 24.3 Å². The number of nitrogens with one attached hydrogen (secondary N) is 2. The molecule has 0 heterocycles. The van der Waals surface area contributed by atoms with Crippen LogP contribution in [-0.2, 0) is 4.74 Å². The van der Waals surface area contributed by atoms with Crippen molar-refractivity contribution in [3.63, 3.8) is 0 Å². The van der Waals surface area contributed by atoms with Gasteiger partial charge in [0.2, 0.25) is 0 Å². The first-order chi connectivity index (χ1) is 10.5. The molecule has 0 radical (unpaired) electrons. The minimum absolute atomic E-state index is 0.137. The molecule has 114 valence electrons. The van der Waals surface area contributed by atoms with E-state index in [4.69, 9.17) is 21.7 Å². The van der Waals surface area contributed by atoms with Gasteiger partial charge >= 0.3 is 6.09 Å². The fraction of sp³-hybridized carbons (Fsp3) is 0.0667. The lowest BCUT2D eigenvalue weighted by Gasteiger charge is -2.08. The number of hydrogen-bond donors (Lipinski definition) is 2. The van der Waals surface area contributed by atoms with E-state index in [2.05, 4.69) is 5.32 Å². The number of rotatable bonds is 4. The van der Waals surface area contributed by atoms with E-state index in [0.717, 1.165) is 12.1 Å². The standard InChI is InChI=1S/C15H11ClF2N2O2/c16-10-2-4-11(5-3-10)20-15(21)22-8-14(19)9-1-6-12(17)13(18)7-9/h1-7,19H,8H2,(H,20,21).